The number of carboxylic acid groups (broad SMARTS) is 1. The second kappa shape index (κ2) is 6.59. The summed E-state index contributed by atoms with van der Waals surface area (Å²) in [7, 11) is -3.79. The SMILES string of the molecule is Cc1oc(C(=O)O)cc1S(=O)(=O)NCCOC1CCCC1. The fraction of sp³-hybridized carbons (Fsp3) is 0.615. The maximum absolute atomic E-state index is 12.1. The van der Waals surface area contributed by atoms with Crippen LogP contribution in [0.2, 0.25) is 0 Å². The minimum Gasteiger partial charge on any atom is -0.475 e. The van der Waals surface area contributed by atoms with Crippen molar-refractivity contribution >= 4 is 16.0 Å². The van der Waals surface area contributed by atoms with E-state index in [0.717, 1.165) is 31.7 Å². The van der Waals surface area contributed by atoms with Gasteiger partial charge >= 0.3 is 5.97 Å². The predicted molar refractivity (Wildman–Crippen MR) is 73.8 cm³/mol. The highest BCUT2D eigenvalue weighted by molar-refractivity contribution is 7.89. The smallest absolute Gasteiger partial charge is 0.371 e. The average Bonchev–Trinajstić information content (AvgIpc) is 3.04. The van der Waals surface area contributed by atoms with Crippen LogP contribution in [-0.2, 0) is 14.8 Å². The Morgan fingerprint density at radius 1 is 1.48 bits per heavy atom. The number of hydrogen-bond acceptors (Lipinski definition) is 5. The maximum Gasteiger partial charge on any atom is 0.371 e. The van der Waals surface area contributed by atoms with Crippen molar-refractivity contribution in [1.29, 1.82) is 0 Å². The van der Waals surface area contributed by atoms with Crippen molar-refractivity contribution in [2.45, 2.75) is 43.6 Å². The molecule has 21 heavy (non-hydrogen) atoms. The Bertz CT molecular complexity index is 600. The third-order valence-corrected chi connectivity index (χ3v) is 4.99. The zero-order valence-electron chi connectivity index (χ0n) is 11.8. The average molecular weight is 317 g/mol. The number of aromatic carboxylic acids is 1. The first-order valence-corrected chi connectivity index (χ1v) is 8.33. The molecule has 0 aliphatic heterocycles. The van der Waals surface area contributed by atoms with E-state index in [0.29, 0.717) is 6.61 Å². The van der Waals surface area contributed by atoms with E-state index in [1.54, 1.807) is 0 Å². The molecule has 0 spiro atoms. The molecule has 0 bridgehead atoms. The molecule has 8 heteroatoms. The van der Waals surface area contributed by atoms with Crippen LogP contribution < -0.4 is 4.72 Å². The molecule has 1 aliphatic rings. The van der Waals surface area contributed by atoms with Crippen molar-refractivity contribution in [3.05, 3.63) is 17.6 Å². The summed E-state index contributed by atoms with van der Waals surface area (Å²) in [6, 6.07) is 1.01. The summed E-state index contributed by atoms with van der Waals surface area (Å²) in [5.41, 5.74) is 0. The van der Waals surface area contributed by atoms with Crippen LogP contribution in [0.5, 0.6) is 0 Å². The van der Waals surface area contributed by atoms with E-state index in [1.807, 2.05) is 0 Å². The number of rotatable bonds is 7. The van der Waals surface area contributed by atoms with Gasteiger partial charge in [-0.2, -0.15) is 0 Å². The number of nitrogens with one attached hydrogen (secondary N) is 1. The molecule has 0 saturated heterocycles. The number of furan rings is 1. The van der Waals surface area contributed by atoms with E-state index in [1.165, 1.54) is 6.92 Å². The third kappa shape index (κ3) is 4.05. The fourth-order valence-electron chi connectivity index (χ4n) is 2.37. The van der Waals surface area contributed by atoms with Crippen LogP contribution in [0.1, 0.15) is 42.0 Å². The van der Waals surface area contributed by atoms with Gasteiger partial charge in [-0.15, -0.1) is 0 Å². The van der Waals surface area contributed by atoms with Crippen molar-refractivity contribution in [2.24, 2.45) is 0 Å². The second-order valence-electron chi connectivity index (χ2n) is 5.01. The summed E-state index contributed by atoms with van der Waals surface area (Å²) >= 11 is 0. The Kier molecular flexibility index (Phi) is 5.02. The molecule has 7 nitrogen and oxygen atoms in total. The molecule has 0 atom stereocenters. The molecule has 1 heterocycles. The quantitative estimate of drug-likeness (QED) is 0.739. The lowest BCUT2D eigenvalue weighted by molar-refractivity contribution is 0.0626. The summed E-state index contributed by atoms with van der Waals surface area (Å²) in [6.45, 7) is 1.86. The van der Waals surface area contributed by atoms with Gasteiger partial charge in [0.05, 0.1) is 12.7 Å². The fourth-order valence-corrected chi connectivity index (χ4v) is 3.56. The first kappa shape index (κ1) is 16.0. The van der Waals surface area contributed by atoms with Crippen LogP contribution >= 0.6 is 0 Å². The van der Waals surface area contributed by atoms with E-state index in [-0.39, 0.29) is 23.3 Å². The van der Waals surface area contributed by atoms with E-state index in [9.17, 15) is 13.2 Å². The first-order valence-electron chi connectivity index (χ1n) is 6.85. The van der Waals surface area contributed by atoms with Gasteiger partial charge in [0.2, 0.25) is 15.8 Å². The molecule has 118 valence electrons. The summed E-state index contributed by atoms with van der Waals surface area (Å²) in [4.78, 5) is 10.6. The highest BCUT2D eigenvalue weighted by Crippen LogP contribution is 2.21. The molecule has 1 aromatic heterocycles. The molecule has 0 radical (unpaired) electrons. The highest BCUT2D eigenvalue weighted by atomic mass is 32.2. The van der Waals surface area contributed by atoms with Gasteiger partial charge in [0, 0.05) is 12.6 Å². The Hall–Kier alpha value is -1.38. The molecule has 1 fully saturated rings. The Labute approximate surface area is 123 Å². The molecule has 2 rings (SSSR count). The zero-order chi connectivity index (χ0) is 15.5. The predicted octanol–water partition coefficient (Wildman–Crippen LogP) is 1.52. The largest absolute Gasteiger partial charge is 0.475 e. The van der Waals surface area contributed by atoms with Gasteiger partial charge in [0.1, 0.15) is 10.7 Å². The van der Waals surface area contributed by atoms with E-state index in [2.05, 4.69) is 4.72 Å². The van der Waals surface area contributed by atoms with Gasteiger partial charge in [-0.25, -0.2) is 17.9 Å². The van der Waals surface area contributed by atoms with E-state index < -0.39 is 21.8 Å². The lowest BCUT2D eigenvalue weighted by atomic mass is 10.3. The minimum atomic E-state index is -3.79. The summed E-state index contributed by atoms with van der Waals surface area (Å²) in [5, 5.41) is 8.79. The molecular formula is C13H19NO6S. The van der Waals surface area contributed by atoms with Crippen LogP contribution in [-0.4, -0.2) is 38.7 Å². The van der Waals surface area contributed by atoms with Crippen LogP contribution in [0, 0.1) is 6.92 Å². The number of hydrogen-bond donors (Lipinski definition) is 2. The van der Waals surface area contributed by atoms with Crippen molar-refractivity contribution in [3.8, 4) is 0 Å². The number of carbonyl (C=O) groups is 1. The molecular weight excluding hydrogens is 298 g/mol. The number of sulfonamides is 1. The molecule has 1 saturated carbocycles. The first-order chi connectivity index (χ1) is 9.90. The van der Waals surface area contributed by atoms with Gasteiger partial charge in [-0.1, -0.05) is 12.8 Å². The van der Waals surface area contributed by atoms with Crippen LogP contribution in [0.15, 0.2) is 15.4 Å². The zero-order valence-corrected chi connectivity index (χ0v) is 12.6. The molecule has 0 amide bonds. The Morgan fingerprint density at radius 3 is 2.71 bits per heavy atom. The number of carboxylic acids is 1. The van der Waals surface area contributed by atoms with Gasteiger partial charge in [0.25, 0.3) is 0 Å². The highest BCUT2D eigenvalue weighted by Gasteiger charge is 2.23. The van der Waals surface area contributed by atoms with Gasteiger partial charge in [-0.05, 0) is 19.8 Å². The topological polar surface area (TPSA) is 106 Å². The Balaban J connectivity index is 1.90. The monoisotopic (exact) mass is 317 g/mol. The molecule has 1 aliphatic carbocycles. The van der Waals surface area contributed by atoms with Crippen molar-refractivity contribution in [2.75, 3.05) is 13.2 Å². The number of ether oxygens (including phenoxy) is 1. The van der Waals surface area contributed by atoms with Crippen LogP contribution in [0.3, 0.4) is 0 Å². The molecule has 0 aromatic carbocycles. The lowest BCUT2D eigenvalue weighted by Gasteiger charge is -2.11. The summed E-state index contributed by atoms with van der Waals surface area (Å²) in [5.74, 6) is -1.64. The van der Waals surface area contributed by atoms with Gasteiger partial charge < -0.3 is 14.3 Å². The number of aryl methyl sites for hydroxylation is 1. The van der Waals surface area contributed by atoms with Crippen molar-refractivity contribution in [3.63, 3.8) is 0 Å². The van der Waals surface area contributed by atoms with Crippen molar-refractivity contribution in [1.82, 2.24) is 4.72 Å². The molecule has 1 aromatic rings. The van der Waals surface area contributed by atoms with Crippen LogP contribution in [0.4, 0.5) is 0 Å². The van der Waals surface area contributed by atoms with E-state index in [4.69, 9.17) is 14.3 Å². The van der Waals surface area contributed by atoms with E-state index >= 15 is 0 Å². The maximum atomic E-state index is 12.1. The second-order valence-corrected chi connectivity index (χ2v) is 6.75. The standard InChI is InChI=1S/C13H19NO6S/c1-9-12(8-11(20-9)13(15)16)21(17,18)14-6-7-19-10-4-2-3-5-10/h8,10,14H,2-7H2,1H3,(H,15,16). The third-order valence-electron chi connectivity index (χ3n) is 3.42. The summed E-state index contributed by atoms with van der Waals surface area (Å²) in [6.07, 6.45) is 4.58. The summed E-state index contributed by atoms with van der Waals surface area (Å²) < 4.78 is 37.0. The van der Waals surface area contributed by atoms with Gasteiger partial charge in [-0.3, -0.25) is 0 Å². The Morgan fingerprint density at radius 2 is 2.14 bits per heavy atom. The normalized spacial score (nSPS) is 16.4. The lowest BCUT2D eigenvalue weighted by Crippen LogP contribution is -2.28. The molecule has 0 unspecified atom stereocenters. The molecule has 2 N–H and O–H groups in total. The minimum absolute atomic E-state index is 0.0524. The van der Waals surface area contributed by atoms with Gasteiger partial charge in [0.15, 0.2) is 0 Å². The van der Waals surface area contributed by atoms with Crippen LogP contribution in [0.25, 0.3) is 0 Å². The van der Waals surface area contributed by atoms with Crippen molar-refractivity contribution < 1.29 is 27.5 Å².